The minimum Gasteiger partial charge on any atom is -0.507 e. The molecule has 1 unspecified atom stereocenters. The number of rotatable bonds is 12. The Hall–Kier alpha value is -4.10. The number of hydrogen-bond acceptors (Lipinski definition) is 6. The summed E-state index contributed by atoms with van der Waals surface area (Å²) in [5.74, 6) is -0.146. The van der Waals surface area contributed by atoms with Crippen molar-refractivity contribution in [3.63, 3.8) is 0 Å². The number of likely N-dealkylation sites (N-methyl/N-ethyl adjacent to an activating group) is 1. The van der Waals surface area contributed by atoms with Crippen LogP contribution in [0.15, 0.2) is 84.4 Å². The first-order chi connectivity index (χ1) is 18.9. The fourth-order valence-corrected chi connectivity index (χ4v) is 4.45. The van der Waals surface area contributed by atoms with E-state index in [4.69, 9.17) is 9.47 Å². The van der Waals surface area contributed by atoms with Crippen LogP contribution in [0.1, 0.15) is 42.5 Å². The Bertz CT molecular complexity index is 1280. The first-order valence-corrected chi connectivity index (χ1v) is 13.3. The van der Waals surface area contributed by atoms with Crippen molar-refractivity contribution >= 4 is 17.4 Å². The highest BCUT2D eigenvalue weighted by Gasteiger charge is 2.45. The molecule has 1 amide bonds. The third kappa shape index (κ3) is 6.86. The summed E-state index contributed by atoms with van der Waals surface area (Å²) in [5.41, 5.74) is 2.31. The van der Waals surface area contributed by atoms with E-state index in [0.29, 0.717) is 43.4 Å². The van der Waals surface area contributed by atoms with Crippen LogP contribution in [0, 0.1) is 0 Å². The molecule has 1 atom stereocenters. The number of likely N-dealkylation sites (tertiary alicyclic amines) is 1. The summed E-state index contributed by atoms with van der Waals surface area (Å²) in [5, 5.41) is 11.3. The van der Waals surface area contributed by atoms with E-state index in [2.05, 4.69) is 6.92 Å². The molecule has 0 radical (unpaired) electrons. The molecule has 1 aliphatic heterocycles. The van der Waals surface area contributed by atoms with Crippen LogP contribution in [-0.4, -0.2) is 60.4 Å². The van der Waals surface area contributed by atoms with Crippen molar-refractivity contribution in [3.05, 3.63) is 101 Å². The zero-order valence-corrected chi connectivity index (χ0v) is 22.8. The minimum absolute atomic E-state index is 0.0800. The van der Waals surface area contributed by atoms with Crippen molar-refractivity contribution in [2.45, 2.75) is 32.4 Å². The molecule has 1 aliphatic rings. The van der Waals surface area contributed by atoms with Crippen molar-refractivity contribution in [2.24, 2.45) is 0 Å². The normalized spacial score (nSPS) is 16.6. The van der Waals surface area contributed by atoms with Gasteiger partial charge >= 0.3 is 0 Å². The van der Waals surface area contributed by atoms with E-state index in [0.717, 1.165) is 24.0 Å². The average molecular weight is 529 g/mol. The van der Waals surface area contributed by atoms with E-state index in [-0.39, 0.29) is 11.3 Å². The van der Waals surface area contributed by atoms with Crippen LogP contribution in [0.4, 0.5) is 0 Å². The summed E-state index contributed by atoms with van der Waals surface area (Å²) in [6.45, 7) is 4.06. The maximum Gasteiger partial charge on any atom is 0.295 e. The highest BCUT2D eigenvalue weighted by Crippen LogP contribution is 2.40. The Morgan fingerprint density at radius 3 is 2.18 bits per heavy atom. The third-order valence-electron chi connectivity index (χ3n) is 6.67. The smallest absolute Gasteiger partial charge is 0.295 e. The second-order valence-electron chi connectivity index (χ2n) is 9.87. The van der Waals surface area contributed by atoms with Gasteiger partial charge in [-0.1, -0.05) is 55.8 Å². The molecule has 39 heavy (non-hydrogen) atoms. The maximum absolute atomic E-state index is 13.3. The molecule has 1 saturated heterocycles. The quantitative estimate of drug-likeness (QED) is 0.146. The molecule has 0 saturated carbocycles. The van der Waals surface area contributed by atoms with Crippen molar-refractivity contribution in [2.75, 3.05) is 33.8 Å². The number of aliphatic hydroxyl groups excluding tert-OH is 1. The number of aliphatic hydroxyl groups is 1. The van der Waals surface area contributed by atoms with Crippen molar-refractivity contribution in [3.8, 4) is 11.5 Å². The van der Waals surface area contributed by atoms with Gasteiger partial charge in [0.15, 0.2) is 0 Å². The average Bonchev–Trinajstić information content (AvgIpc) is 3.21. The van der Waals surface area contributed by atoms with Gasteiger partial charge in [-0.3, -0.25) is 9.59 Å². The van der Waals surface area contributed by atoms with Gasteiger partial charge in [0.25, 0.3) is 11.7 Å². The summed E-state index contributed by atoms with van der Waals surface area (Å²) < 4.78 is 11.6. The first kappa shape index (κ1) is 27.9. The molecule has 4 rings (SSSR count). The minimum atomic E-state index is -0.714. The molecular formula is C32H36N2O5. The number of amides is 1. The molecule has 7 heteroatoms. The molecular weight excluding hydrogens is 492 g/mol. The van der Waals surface area contributed by atoms with Gasteiger partial charge in [-0.15, -0.1) is 0 Å². The molecule has 0 aromatic heterocycles. The fourth-order valence-electron chi connectivity index (χ4n) is 4.45. The zero-order valence-electron chi connectivity index (χ0n) is 22.8. The predicted octanol–water partition coefficient (Wildman–Crippen LogP) is 5.43. The van der Waals surface area contributed by atoms with Crippen molar-refractivity contribution < 1.29 is 24.2 Å². The lowest BCUT2D eigenvalue weighted by atomic mass is 9.95. The number of nitrogens with zero attached hydrogens (tertiary/aromatic N) is 2. The van der Waals surface area contributed by atoms with Crippen molar-refractivity contribution in [1.82, 2.24) is 9.80 Å². The van der Waals surface area contributed by atoms with Crippen LogP contribution in [0.5, 0.6) is 11.5 Å². The number of carbonyl (C=O) groups excluding carboxylic acids is 2. The molecule has 1 fully saturated rings. The molecule has 204 valence electrons. The third-order valence-corrected chi connectivity index (χ3v) is 6.67. The van der Waals surface area contributed by atoms with Crippen LogP contribution < -0.4 is 9.47 Å². The number of hydrogen-bond donors (Lipinski definition) is 1. The number of benzene rings is 3. The van der Waals surface area contributed by atoms with E-state index in [1.165, 1.54) is 4.90 Å². The molecule has 7 nitrogen and oxygen atoms in total. The monoisotopic (exact) mass is 528 g/mol. The van der Waals surface area contributed by atoms with Crippen LogP contribution in [-0.2, 0) is 16.2 Å². The number of unbranched alkanes of at least 4 members (excludes halogenated alkanes) is 1. The van der Waals surface area contributed by atoms with E-state index in [9.17, 15) is 14.7 Å². The standard InChI is InChI=1S/C32H36N2O5/c1-4-5-21-38-26-17-13-25(14-18-26)30(35)28-29(34(20-19-33(2)3)32(37)31(28)36)24-11-15-27(16-12-24)39-22-23-9-7-6-8-10-23/h6-18,29,35H,4-5,19-22H2,1-3H3/b30-28+. The summed E-state index contributed by atoms with van der Waals surface area (Å²) in [7, 11) is 3.82. The molecule has 1 heterocycles. The van der Waals surface area contributed by atoms with E-state index < -0.39 is 17.7 Å². The molecule has 0 spiro atoms. The molecule has 0 aliphatic carbocycles. The lowest BCUT2D eigenvalue weighted by Crippen LogP contribution is -2.35. The second-order valence-corrected chi connectivity index (χ2v) is 9.87. The number of Topliss-reactive ketones (excluding diaryl/α,β-unsaturated/α-hetero) is 1. The topological polar surface area (TPSA) is 79.3 Å². The van der Waals surface area contributed by atoms with E-state index in [1.807, 2.05) is 73.6 Å². The SMILES string of the molecule is CCCCOc1ccc(/C(O)=C2\C(=O)C(=O)N(CCN(C)C)C2c2ccc(OCc3ccccc3)cc2)cc1. The van der Waals surface area contributed by atoms with E-state index >= 15 is 0 Å². The van der Waals surface area contributed by atoms with Gasteiger partial charge in [0.2, 0.25) is 0 Å². The maximum atomic E-state index is 13.3. The predicted molar refractivity (Wildman–Crippen MR) is 152 cm³/mol. The molecule has 0 bridgehead atoms. The van der Waals surface area contributed by atoms with Gasteiger partial charge in [-0.05, 0) is 68.0 Å². The van der Waals surface area contributed by atoms with Crippen molar-refractivity contribution in [1.29, 1.82) is 0 Å². The number of carbonyl (C=O) groups is 2. The Labute approximate surface area is 230 Å². The Morgan fingerprint density at radius 2 is 1.54 bits per heavy atom. The Balaban J connectivity index is 1.63. The van der Waals surface area contributed by atoms with Gasteiger partial charge in [-0.25, -0.2) is 0 Å². The molecule has 3 aromatic carbocycles. The van der Waals surface area contributed by atoms with Crippen LogP contribution in [0.3, 0.4) is 0 Å². The highest BCUT2D eigenvalue weighted by molar-refractivity contribution is 6.46. The summed E-state index contributed by atoms with van der Waals surface area (Å²) in [6.07, 6.45) is 1.99. The Morgan fingerprint density at radius 1 is 0.897 bits per heavy atom. The summed E-state index contributed by atoms with van der Waals surface area (Å²) in [6, 6.07) is 23.5. The first-order valence-electron chi connectivity index (χ1n) is 13.3. The summed E-state index contributed by atoms with van der Waals surface area (Å²) in [4.78, 5) is 29.9. The molecule has 1 N–H and O–H groups in total. The van der Waals surface area contributed by atoms with Crippen LogP contribution >= 0.6 is 0 Å². The van der Waals surface area contributed by atoms with Gasteiger partial charge in [0, 0.05) is 18.7 Å². The summed E-state index contributed by atoms with van der Waals surface area (Å²) >= 11 is 0. The van der Waals surface area contributed by atoms with Crippen LogP contribution in [0.2, 0.25) is 0 Å². The van der Waals surface area contributed by atoms with Gasteiger partial charge < -0.3 is 24.4 Å². The number of ether oxygens (including phenoxy) is 2. The second kappa shape index (κ2) is 13.1. The molecule has 3 aromatic rings. The lowest BCUT2D eigenvalue weighted by molar-refractivity contribution is -0.140. The lowest BCUT2D eigenvalue weighted by Gasteiger charge is -2.26. The fraction of sp³-hybridized carbons (Fsp3) is 0.312. The zero-order chi connectivity index (χ0) is 27.8. The largest absolute Gasteiger partial charge is 0.507 e. The highest BCUT2D eigenvalue weighted by atomic mass is 16.5. The van der Waals surface area contributed by atoms with Gasteiger partial charge in [0.05, 0.1) is 18.2 Å². The van der Waals surface area contributed by atoms with Gasteiger partial charge in [0.1, 0.15) is 23.9 Å². The van der Waals surface area contributed by atoms with Gasteiger partial charge in [-0.2, -0.15) is 0 Å². The van der Waals surface area contributed by atoms with E-state index in [1.54, 1.807) is 24.3 Å². The Kier molecular flexibility index (Phi) is 9.39. The number of ketones is 1. The van der Waals surface area contributed by atoms with Crippen LogP contribution in [0.25, 0.3) is 5.76 Å².